The van der Waals surface area contributed by atoms with Gasteiger partial charge in [0.25, 0.3) is 0 Å². The molecule has 2 aromatic carbocycles. The Balaban J connectivity index is 1.24. The third kappa shape index (κ3) is 3.84. The summed E-state index contributed by atoms with van der Waals surface area (Å²) in [6.45, 7) is 2.25. The zero-order valence-corrected chi connectivity index (χ0v) is 18.3. The lowest BCUT2D eigenvalue weighted by Gasteiger charge is -2.18. The van der Waals surface area contributed by atoms with Gasteiger partial charge in [-0.15, -0.1) is 0 Å². The number of ether oxygens (including phenoxy) is 1. The number of hydrogen-bond donors (Lipinski definition) is 0. The van der Waals surface area contributed by atoms with Crippen molar-refractivity contribution in [1.82, 2.24) is 0 Å². The van der Waals surface area contributed by atoms with E-state index < -0.39 is 11.9 Å². The topological polar surface area (TPSA) is 84.0 Å². The third-order valence-electron chi connectivity index (χ3n) is 6.66. The summed E-state index contributed by atoms with van der Waals surface area (Å²) in [7, 11) is 0. The van der Waals surface area contributed by atoms with Crippen LogP contribution in [0.3, 0.4) is 0 Å². The van der Waals surface area contributed by atoms with E-state index in [1.54, 1.807) is 29.2 Å². The average molecular weight is 444 g/mol. The summed E-state index contributed by atoms with van der Waals surface area (Å²) in [6, 6.07) is 15.6. The van der Waals surface area contributed by atoms with Crippen LogP contribution in [0.25, 0.3) is 0 Å². The molecule has 0 spiro atoms. The number of nitrogens with zero attached hydrogens (tertiary/aromatic N) is 2. The Labute approximate surface area is 191 Å². The van der Waals surface area contributed by atoms with Crippen molar-refractivity contribution in [3.8, 4) is 5.75 Å². The highest BCUT2D eigenvalue weighted by molar-refractivity contribution is 6.22. The van der Waals surface area contributed by atoms with Gasteiger partial charge >= 0.3 is 5.97 Å². The Morgan fingerprint density at radius 3 is 2.30 bits per heavy atom. The Hall–Kier alpha value is -3.74. The second-order valence-electron chi connectivity index (χ2n) is 8.87. The van der Waals surface area contributed by atoms with Crippen molar-refractivity contribution in [3.63, 3.8) is 0 Å². The van der Waals surface area contributed by atoms with Crippen molar-refractivity contribution >= 4 is 35.1 Å². The first-order chi connectivity index (χ1) is 15.9. The number of fused-ring (bicyclic) bond motifs is 1. The van der Waals surface area contributed by atoms with E-state index in [-0.39, 0.29) is 42.5 Å². The number of amides is 3. The summed E-state index contributed by atoms with van der Waals surface area (Å²) in [4.78, 5) is 53.6. The number of para-hydroxylation sites is 1. The summed E-state index contributed by atoms with van der Waals surface area (Å²) in [5.41, 5.74) is 2.37. The molecule has 3 amide bonds. The normalized spacial score (nSPS) is 24.7. The molecule has 5 rings (SSSR count). The van der Waals surface area contributed by atoms with E-state index in [1.165, 1.54) is 4.90 Å². The molecule has 1 aliphatic carbocycles. The molecule has 0 N–H and O–H groups in total. The maximum atomic E-state index is 12.9. The fourth-order valence-corrected chi connectivity index (χ4v) is 4.88. The van der Waals surface area contributed by atoms with Crippen molar-refractivity contribution < 1.29 is 23.9 Å². The predicted molar refractivity (Wildman–Crippen MR) is 121 cm³/mol. The van der Waals surface area contributed by atoms with Gasteiger partial charge in [-0.25, -0.2) is 0 Å². The van der Waals surface area contributed by atoms with Crippen LogP contribution in [0, 0.1) is 17.8 Å². The van der Waals surface area contributed by atoms with Crippen LogP contribution in [-0.2, 0) is 19.2 Å². The van der Waals surface area contributed by atoms with Crippen LogP contribution in [0.5, 0.6) is 5.75 Å². The molecule has 7 heteroatoms. The summed E-state index contributed by atoms with van der Waals surface area (Å²) in [5, 5.41) is 0. The molecule has 0 aromatic heterocycles. The van der Waals surface area contributed by atoms with Crippen molar-refractivity contribution in [3.05, 3.63) is 66.2 Å². The van der Waals surface area contributed by atoms with Gasteiger partial charge in [-0.05, 0) is 56.2 Å². The summed E-state index contributed by atoms with van der Waals surface area (Å²) < 4.78 is 5.50. The molecular weight excluding hydrogens is 420 g/mol. The molecular formula is C26H24N2O5. The first-order valence-electron chi connectivity index (χ1n) is 11.1. The molecule has 0 radical (unpaired) electrons. The summed E-state index contributed by atoms with van der Waals surface area (Å²) in [5.74, 6) is -1.79. The van der Waals surface area contributed by atoms with Crippen molar-refractivity contribution in [1.29, 1.82) is 0 Å². The molecule has 2 aliphatic heterocycles. The average Bonchev–Trinajstić information content (AvgIpc) is 3.32. The van der Waals surface area contributed by atoms with Crippen LogP contribution < -0.4 is 14.5 Å². The van der Waals surface area contributed by atoms with E-state index in [0.29, 0.717) is 24.3 Å². The Morgan fingerprint density at radius 1 is 0.879 bits per heavy atom. The van der Waals surface area contributed by atoms with Gasteiger partial charge in [0, 0.05) is 18.7 Å². The van der Waals surface area contributed by atoms with E-state index >= 15 is 0 Å². The summed E-state index contributed by atoms with van der Waals surface area (Å²) >= 11 is 0. The van der Waals surface area contributed by atoms with Crippen molar-refractivity contribution in [2.24, 2.45) is 17.8 Å². The highest BCUT2D eigenvalue weighted by Crippen LogP contribution is 2.40. The summed E-state index contributed by atoms with van der Waals surface area (Å²) in [6.07, 6.45) is 3.33. The van der Waals surface area contributed by atoms with E-state index in [2.05, 4.69) is 0 Å². The maximum Gasteiger partial charge on any atom is 0.316 e. The van der Waals surface area contributed by atoms with Gasteiger partial charge in [0.05, 0.1) is 23.4 Å². The van der Waals surface area contributed by atoms with Gasteiger partial charge in [0.2, 0.25) is 17.7 Å². The maximum absolute atomic E-state index is 12.9. The molecule has 3 aliphatic rings. The van der Waals surface area contributed by atoms with Gasteiger partial charge in [-0.1, -0.05) is 29.8 Å². The third-order valence-corrected chi connectivity index (χ3v) is 6.66. The van der Waals surface area contributed by atoms with Crippen LogP contribution in [0.4, 0.5) is 11.4 Å². The predicted octanol–water partition coefficient (Wildman–Crippen LogP) is 3.49. The van der Waals surface area contributed by atoms with Gasteiger partial charge in [-0.2, -0.15) is 0 Å². The number of carbonyl (C=O) groups excluding carboxylic acids is 4. The van der Waals surface area contributed by atoms with E-state index in [9.17, 15) is 19.2 Å². The first-order valence-corrected chi connectivity index (χ1v) is 11.1. The number of imide groups is 1. The molecule has 0 saturated carbocycles. The van der Waals surface area contributed by atoms with Crippen molar-refractivity contribution in [2.75, 3.05) is 16.3 Å². The van der Waals surface area contributed by atoms with Crippen LogP contribution in [-0.4, -0.2) is 30.2 Å². The molecule has 7 nitrogen and oxygen atoms in total. The quantitative estimate of drug-likeness (QED) is 0.312. The lowest BCUT2D eigenvalue weighted by atomic mass is 9.82. The van der Waals surface area contributed by atoms with E-state index in [1.807, 2.05) is 43.3 Å². The minimum Gasteiger partial charge on any atom is -0.426 e. The molecule has 3 atom stereocenters. The molecule has 2 fully saturated rings. The second kappa shape index (κ2) is 8.31. The Kier molecular flexibility index (Phi) is 5.32. The van der Waals surface area contributed by atoms with E-state index in [4.69, 9.17) is 4.74 Å². The second-order valence-corrected chi connectivity index (χ2v) is 8.87. The van der Waals surface area contributed by atoms with Crippen LogP contribution in [0.2, 0.25) is 0 Å². The number of esters is 1. The van der Waals surface area contributed by atoms with Crippen LogP contribution in [0.1, 0.15) is 26.2 Å². The number of rotatable bonds is 4. The Bertz CT molecular complexity index is 1150. The number of carbonyl (C=O) groups is 4. The molecule has 0 bridgehead atoms. The minimum absolute atomic E-state index is 0.0961. The smallest absolute Gasteiger partial charge is 0.316 e. The van der Waals surface area contributed by atoms with Gasteiger partial charge < -0.3 is 9.64 Å². The molecule has 0 unspecified atom stereocenters. The first kappa shape index (κ1) is 21.1. The molecule has 168 valence electrons. The Morgan fingerprint density at radius 2 is 1.58 bits per heavy atom. The van der Waals surface area contributed by atoms with Gasteiger partial charge in [0.15, 0.2) is 0 Å². The van der Waals surface area contributed by atoms with Gasteiger partial charge in [-0.3, -0.25) is 24.1 Å². The van der Waals surface area contributed by atoms with Crippen LogP contribution >= 0.6 is 0 Å². The zero-order valence-electron chi connectivity index (χ0n) is 18.3. The van der Waals surface area contributed by atoms with Crippen LogP contribution in [0.15, 0.2) is 66.2 Å². The number of anilines is 2. The van der Waals surface area contributed by atoms with Crippen molar-refractivity contribution in [2.45, 2.75) is 26.2 Å². The molecule has 2 aromatic rings. The number of hydrogen-bond acceptors (Lipinski definition) is 5. The lowest BCUT2D eigenvalue weighted by molar-refractivity contribution is -0.139. The molecule has 2 saturated heterocycles. The fraction of sp³-hybridized carbons (Fsp3) is 0.308. The standard InChI is InChI=1S/C26H24N2O5/c1-16-7-12-21-22(13-16)25(31)28(24(21)30)19-8-10-20(11-9-19)33-26(32)17-14-23(29)27(15-17)18-5-3-2-4-6-18/h2-11,17,21-22H,12-15H2,1H3/t17-,21+,22+/m1/s1. The minimum atomic E-state index is -0.557. The largest absolute Gasteiger partial charge is 0.426 e. The molecule has 2 heterocycles. The lowest BCUT2D eigenvalue weighted by Crippen LogP contribution is -2.30. The highest BCUT2D eigenvalue weighted by atomic mass is 16.5. The highest BCUT2D eigenvalue weighted by Gasteiger charge is 2.48. The monoisotopic (exact) mass is 444 g/mol. The van der Waals surface area contributed by atoms with Gasteiger partial charge in [0.1, 0.15) is 5.75 Å². The molecule has 33 heavy (non-hydrogen) atoms. The number of benzene rings is 2. The SMILES string of the molecule is CC1=CC[C@@H]2C(=O)N(c3ccc(OC(=O)[C@@H]4CC(=O)N(c5ccccc5)C4)cc3)C(=O)[C@H]2C1. The zero-order chi connectivity index (χ0) is 23.1. The number of allylic oxidation sites excluding steroid dienone is 2. The van der Waals surface area contributed by atoms with E-state index in [0.717, 1.165) is 11.3 Å². The fourth-order valence-electron chi connectivity index (χ4n) is 4.88.